The van der Waals surface area contributed by atoms with Gasteiger partial charge in [-0.1, -0.05) is 31.7 Å². The van der Waals surface area contributed by atoms with Gasteiger partial charge >= 0.3 is 0 Å². The third-order valence-corrected chi connectivity index (χ3v) is 1.58. The predicted molar refractivity (Wildman–Crippen MR) is 59.1 cm³/mol. The lowest BCUT2D eigenvalue weighted by molar-refractivity contribution is 0.643. The summed E-state index contributed by atoms with van der Waals surface area (Å²) in [4.78, 5) is 0. The van der Waals surface area contributed by atoms with Crippen LogP contribution in [0.3, 0.4) is 0 Å². The van der Waals surface area contributed by atoms with Gasteiger partial charge < -0.3 is 11.1 Å². The van der Waals surface area contributed by atoms with Gasteiger partial charge in [0.1, 0.15) is 0 Å². The summed E-state index contributed by atoms with van der Waals surface area (Å²) in [5.74, 6) is 0. The first kappa shape index (κ1) is 12.0. The molecule has 0 saturated heterocycles. The van der Waals surface area contributed by atoms with Crippen LogP contribution >= 0.6 is 0 Å². The fourth-order valence-corrected chi connectivity index (χ4v) is 1.05. The van der Waals surface area contributed by atoms with Crippen molar-refractivity contribution in [2.45, 2.75) is 33.4 Å². The van der Waals surface area contributed by atoms with Gasteiger partial charge in [0, 0.05) is 5.70 Å². The molecule has 0 bridgehead atoms. The van der Waals surface area contributed by atoms with E-state index in [4.69, 9.17) is 5.73 Å². The van der Waals surface area contributed by atoms with Crippen molar-refractivity contribution in [2.24, 2.45) is 5.73 Å². The molecule has 0 aliphatic carbocycles. The van der Waals surface area contributed by atoms with Crippen molar-refractivity contribution in [3.8, 4) is 0 Å². The Bertz CT molecular complexity index is 212. The number of allylic oxidation sites excluding steroid dienone is 4. The molecule has 0 fully saturated rings. The first-order valence-electron chi connectivity index (χ1n) is 4.63. The molecule has 0 radical (unpaired) electrons. The zero-order valence-corrected chi connectivity index (χ0v) is 8.80. The van der Waals surface area contributed by atoms with Crippen LogP contribution in [0.5, 0.6) is 0 Å². The van der Waals surface area contributed by atoms with Crippen LogP contribution in [0.1, 0.15) is 27.2 Å². The second-order valence-corrected chi connectivity index (χ2v) is 3.04. The summed E-state index contributed by atoms with van der Waals surface area (Å²) in [5.41, 5.74) is 7.91. The van der Waals surface area contributed by atoms with E-state index in [-0.39, 0.29) is 6.17 Å². The molecule has 13 heavy (non-hydrogen) atoms. The molecule has 2 nitrogen and oxygen atoms in total. The molecule has 0 saturated carbocycles. The van der Waals surface area contributed by atoms with Gasteiger partial charge in [0.15, 0.2) is 0 Å². The molecule has 1 unspecified atom stereocenters. The lowest BCUT2D eigenvalue weighted by Crippen LogP contribution is -2.33. The van der Waals surface area contributed by atoms with E-state index < -0.39 is 0 Å². The van der Waals surface area contributed by atoms with Gasteiger partial charge in [0.25, 0.3) is 0 Å². The van der Waals surface area contributed by atoms with Crippen molar-refractivity contribution in [1.29, 1.82) is 0 Å². The number of nitrogens with two attached hydrogens (primary N) is 1. The summed E-state index contributed by atoms with van der Waals surface area (Å²) in [6.07, 6.45) is 6.85. The van der Waals surface area contributed by atoms with Crippen LogP contribution in [-0.2, 0) is 0 Å². The van der Waals surface area contributed by atoms with E-state index in [1.165, 1.54) is 0 Å². The quantitative estimate of drug-likeness (QED) is 0.503. The highest BCUT2D eigenvalue weighted by Crippen LogP contribution is 2.07. The first-order chi connectivity index (χ1) is 6.11. The first-order valence-corrected chi connectivity index (χ1v) is 4.63. The number of nitrogens with one attached hydrogen (secondary N) is 1. The fourth-order valence-electron chi connectivity index (χ4n) is 1.05. The molecule has 0 amide bonds. The van der Waals surface area contributed by atoms with Crippen LogP contribution in [0.25, 0.3) is 0 Å². The third-order valence-electron chi connectivity index (χ3n) is 1.58. The third kappa shape index (κ3) is 5.26. The molecule has 0 aliphatic rings. The minimum atomic E-state index is -0.0223. The van der Waals surface area contributed by atoms with Crippen molar-refractivity contribution in [1.82, 2.24) is 5.32 Å². The highest BCUT2D eigenvalue weighted by atomic mass is 15.0. The van der Waals surface area contributed by atoms with E-state index in [0.717, 1.165) is 17.7 Å². The summed E-state index contributed by atoms with van der Waals surface area (Å²) < 4.78 is 0. The summed E-state index contributed by atoms with van der Waals surface area (Å²) in [6, 6.07) is 0. The maximum Gasteiger partial charge on any atom is 0.0714 e. The van der Waals surface area contributed by atoms with Crippen LogP contribution in [-0.4, -0.2) is 6.17 Å². The van der Waals surface area contributed by atoms with Crippen LogP contribution in [0, 0.1) is 0 Å². The lowest BCUT2D eigenvalue weighted by Gasteiger charge is -2.14. The van der Waals surface area contributed by atoms with Gasteiger partial charge in [-0.3, -0.25) is 0 Å². The Morgan fingerprint density at radius 2 is 2.23 bits per heavy atom. The van der Waals surface area contributed by atoms with Crippen molar-refractivity contribution in [3.05, 3.63) is 36.1 Å². The van der Waals surface area contributed by atoms with E-state index in [1.54, 1.807) is 6.08 Å². The van der Waals surface area contributed by atoms with Crippen molar-refractivity contribution in [3.63, 3.8) is 0 Å². The second-order valence-electron chi connectivity index (χ2n) is 3.04. The number of hydrogen-bond donors (Lipinski definition) is 2. The van der Waals surface area contributed by atoms with E-state index in [0.29, 0.717) is 0 Å². The summed E-state index contributed by atoms with van der Waals surface area (Å²) in [6.45, 7) is 9.72. The van der Waals surface area contributed by atoms with Crippen LogP contribution in [0.15, 0.2) is 36.1 Å². The highest BCUT2D eigenvalue weighted by Gasteiger charge is 1.99. The van der Waals surface area contributed by atoms with E-state index in [2.05, 4.69) is 24.9 Å². The Balaban J connectivity index is 4.51. The summed E-state index contributed by atoms with van der Waals surface area (Å²) >= 11 is 0. The molecule has 1 atom stereocenters. The van der Waals surface area contributed by atoms with E-state index >= 15 is 0 Å². The molecule has 3 N–H and O–H groups in total. The van der Waals surface area contributed by atoms with Crippen molar-refractivity contribution in [2.75, 3.05) is 0 Å². The molecule has 0 rings (SSSR count). The maximum absolute atomic E-state index is 5.65. The SMILES string of the molecule is C=C/C=C(C)\C(=C/CC)NC(C)N. The molecular formula is C11H20N2. The second kappa shape index (κ2) is 6.49. The minimum Gasteiger partial charge on any atom is -0.370 e. The molecule has 0 aliphatic heterocycles. The standard InChI is InChI=1S/C11H20N2/c1-5-7-9(3)11(8-6-2)13-10(4)12/h5,7-8,10,13H,1,6,12H2,2-4H3/b9-7-,11-8+. The summed E-state index contributed by atoms with van der Waals surface area (Å²) in [7, 11) is 0. The molecule has 2 heteroatoms. The smallest absolute Gasteiger partial charge is 0.0714 e. The van der Waals surface area contributed by atoms with Gasteiger partial charge in [-0.2, -0.15) is 0 Å². The average Bonchev–Trinajstić information content (AvgIpc) is 2.03. The monoisotopic (exact) mass is 180 g/mol. The summed E-state index contributed by atoms with van der Waals surface area (Å²) in [5, 5.41) is 3.19. The Kier molecular flexibility index (Phi) is 5.98. The van der Waals surface area contributed by atoms with E-state index in [9.17, 15) is 0 Å². The topological polar surface area (TPSA) is 38.0 Å². The van der Waals surface area contributed by atoms with Crippen LogP contribution < -0.4 is 11.1 Å². The Labute approximate surface area is 81.2 Å². The molecule has 0 aromatic carbocycles. The van der Waals surface area contributed by atoms with Crippen LogP contribution in [0.2, 0.25) is 0 Å². The number of hydrogen-bond acceptors (Lipinski definition) is 2. The van der Waals surface area contributed by atoms with Gasteiger partial charge in [-0.15, -0.1) is 0 Å². The van der Waals surface area contributed by atoms with E-state index in [1.807, 2.05) is 19.9 Å². The fraction of sp³-hybridized carbons (Fsp3) is 0.455. The van der Waals surface area contributed by atoms with Gasteiger partial charge in [-0.25, -0.2) is 0 Å². The van der Waals surface area contributed by atoms with Crippen molar-refractivity contribution < 1.29 is 0 Å². The molecule has 0 heterocycles. The predicted octanol–water partition coefficient (Wildman–Crippen LogP) is 2.31. The van der Waals surface area contributed by atoms with Crippen molar-refractivity contribution >= 4 is 0 Å². The molecule has 0 aromatic heterocycles. The van der Waals surface area contributed by atoms with Gasteiger partial charge in [0.05, 0.1) is 6.17 Å². The Hall–Kier alpha value is -1.02. The average molecular weight is 180 g/mol. The van der Waals surface area contributed by atoms with Gasteiger partial charge in [-0.05, 0) is 25.8 Å². The minimum absolute atomic E-state index is 0.0223. The molecular weight excluding hydrogens is 160 g/mol. The van der Waals surface area contributed by atoms with Gasteiger partial charge in [0.2, 0.25) is 0 Å². The zero-order chi connectivity index (χ0) is 10.3. The number of rotatable bonds is 5. The Morgan fingerprint density at radius 3 is 2.62 bits per heavy atom. The lowest BCUT2D eigenvalue weighted by atomic mass is 10.1. The normalized spacial score (nSPS) is 15.4. The maximum atomic E-state index is 5.65. The molecule has 74 valence electrons. The largest absolute Gasteiger partial charge is 0.370 e. The molecule has 0 aromatic rings. The zero-order valence-electron chi connectivity index (χ0n) is 8.80. The molecule has 0 spiro atoms. The Morgan fingerprint density at radius 1 is 1.62 bits per heavy atom. The highest BCUT2D eigenvalue weighted by molar-refractivity contribution is 5.30. The van der Waals surface area contributed by atoms with Crippen LogP contribution in [0.4, 0.5) is 0 Å².